The molecule has 5 heteroatoms. The number of hydrogen-bond acceptors (Lipinski definition) is 5. The summed E-state index contributed by atoms with van der Waals surface area (Å²) in [5, 5.41) is 3.36. The van der Waals surface area contributed by atoms with E-state index in [4.69, 9.17) is 21.7 Å². The van der Waals surface area contributed by atoms with Crippen LogP contribution in [0, 0.1) is 17.8 Å². The molecule has 0 unspecified atom stereocenters. The molecule has 2 N–H and O–H groups in total. The summed E-state index contributed by atoms with van der Waals surface area (Å²) < 4.78 is 11.0. The van der Waals surface area contributed by atoms with E-state index in [9.17, 15) is 0 Å². The number of hydrogen-bond donors (Lipinski definition) is 1. The molecule has 0 saturated carbocycles. The molecule has 1 aliphatic heterocycles. The van der Waals surface area contributed by atoms with Gasteiger partial charge >= 0.3 is 0 Å². The predicted octanol–water partition coefficient (Wildman–Crippen LogP) is 0.404. The SMILES string of the molecule is C#C/C(C=NCC1OCC(C)(C)CO1)=N/N. The quantitative estimate of drug-likeness (QED) is 0.326. The van der Waals surface area contributed by atoms with Crippen molar-refractivity contribution in [3.63, 3.8) is 0 Å². The molecule has 88 valence electrons. The number of nitrogens with two attached hydrogens (primary N) is 1. The highest BCUT2D eigenvalue weighted by atomic mass is 16.7. The minimum absolute atomic E-state index is 0.0723. The first kappa shape index (κ1) is 12.7. The topological polar surface area (TPSA) is 69.2 Å². The monoisotopic (exact) mass is 223 g/mol. The Hall–Kier alpha value is -1.38. The van der Waals surface area contributed by atoms with Gasteiger partial charge in [-0.1, -0.05) is 13.8 Å². The highest BCUT2D eigenvalue weighted by molar-refractivity contribution is 6.38. The molecule has 1 rings (SSSR count). The first-order valence-corrected chi connectivity index (χ1v) is 5.05. The van der Waals surface area contributed by atoms with Gasteiger partial charge in [0, 0.05) is 5.41 Å². The van der Waals surface area contributed by atoms with E-state index in [1.807, 2.05) is 0 Å². The molecule has 5 nitrogen and oxygen atoms in total. The van der Waals surface area contributed by atoms with E-state index in [0.717, 1.165) is 0 Å². The maximum absolute atomic E-state index is 5.48. The zero-order valence-corrected chi connectivity index (χ0v) is 9.64. The van der Waals surface area contributed by atoms with Crippen molar-refractivity contribution >= 4 is 11.9 Å². The molecular weight excluding hydrogens is 206 g/mol. The zero-order chi connectivity index (χ0) is 12.0. The number of nitrogens with zero attached hydrogens (tertiary/aromatic N) is 2. The van der Waals surface area contributed by atoms with Gasteiger partial charge in [0.05, 0.1) is 26.0 Å². The van der Waals surface area contributed by atoms with E-state index in [-0.39, 0.29) is 11.7 Å². The van der Waals surface area contributed by atoms with Crippen LogP contribution in [0.25, 0.3) is 0 Å². The maximum atomic E-state index is 5.48. The molecule has 0 amide bonds. The third kappa shape index (κ3) is 4.01. The van der Waals surface area contributed by atoms with Gasteiger partial charge in [-0.15, -0.1) is 6.42 Å². The number of aliphatic imine (C=N–C) groups is 1. The minimum Gasteiger partial charge on any atom is -0.350 e. The van der Waals surface area contributed by atoms with Crippen LogP contribution in [0.4, 0.5) is 0 Å². The third-order valence-electron chi connectivity index (χ3n) is 2.07. The Labute approximate surface area is 95.7 Å². The van der Waals surface area contributed by atoms with Crippen LogP contribution in [-0.2, 0) is 9.47 Å². The summed E-state index contributed by atoms with van der Waals surface area (Å²) >= 11 is 0. The van der Waals surface area contributed by atoms with Crippen molar-refractivity contribution < 1.29 is 9.47 Å². The van der Waals surface area contributed by atoms with E-state index in [2.05, 4.69) is 29.9 Å². The van der Waals surface area contributed by atoms with Crippen LogP contribution < -0.4 is 5.84 Å². The Balaban J connectivity index is 2.33. The van der Waals surface area contributed by atoms with Gasteiger partial charge in [-0.25, -0.2) is 0 Å². The summed E-state index contributed by atoms with van der Waals surface area (Å²) in [6, 6.07) is 0. The number of ether oxygens (including phenoxy) is 2. The van der Waals surface area contributed by atoms with Gasteiger partial charge in [0.2, 0.25) is 0 Å². The van der Waals surface area contributed by atoms with Gasteiger partial charge in [-0.2, -0.15) is 5.10 Å². The molecule has 16 heavy (non-hydrogen) atoms. The van der Waals surface area contributed by atoms with Crippen LogP contribution in [-0.4, -0.2) is 38.0 Å². The molecule has 0 atom stereocenters. The summed E-state index contributed by atoms with van der Waals surface area (Å²) in [5.74, 6) is 7.33. The molecule has 1 saturated heterocycles. The lowest BCUT2D eigenvalue weighted by atomic mass is 9.96. The van der Waals surface area contributed by atoms with Crippen LogP contribution >= 0.6 is 0 Å². The van der Waals surface area contributed by atoms with E-state index in [1.165, 1.54) is 6.21 Å². The Bertz CT molecular complexity index is 319. The van der Waals surface area contributed by atoms with Crippen molar-refractivity contribution in [1.29, 1.82) is 0 Å². The Morgan fingerprint density at radius 3 is 2.69 bits per heavy atom. The van der Waals surface area contributed by atoms with E-state index >= 15 is 0 Å². The summed E-state index contributed by atoms with van der Waals surface area (Å²) in [6.07, 6.45) is 6.26. The molecule has 0 aromatic heterocycles. The first-order chi connectivity index (χ1) is 7.57. The fraction of sp³-hybridized carbons (Fsp3) is 0.636. The fourth-order valence-corrected chi connectivity index (χ4v) is 1.17. The van der Waals surface area contributed by atoms with Gasteiger partial charge in [0.15, 0.2) is 6.29 Å². The van der Waals surface area contributed by atoms with Gasteiger partial charge in [-0.05, 0) is 5.92 Å². The predicted molar refractivity (Wildman–Crippen MR) is 63.3 cm³/mol. The average molecular weight is 223 g/mol. The number of terminal acetylenes is 1. The standard InChI is InChI=1S/C11H17N3O2/c1-4-9(14-12)5-13-6-10-15-7-11(2,3)8-16-10/h1,5,10H,6-8,12H2,2-3H3/b13-5?,14-9-. The smallest absolute Gasteiger partial charge is 0.176 e. The van der Waals surface area contributed by atoms with E-state index in [1.54, 1.807) is 0 Å². The Morgan fingerprint density at radius 2 is 2.19 bits per heavy atom. The first-order valence-electron chi connectivity index (χ1n) is 5.05. The fourth-order valence-electron chi connectivity index (χ4n) is 1.17. The van der Waals surface area contributed by atoms with Crippen LogP contribution in [0.3, 0.4) is 0 Å². The largest absolute Gasteiger partial charge is 0.350 e. The summed E-state index contributed by atoms with van der Waals surface area (Å²) in [6.45, 7) is 5.91. The molecule has 0 aromatic rings. The van der Waals surface area contributed by atoms with Crippen LogP contribution in [0.15, 0.2) is 10.1 Å². The normalized spacial score (nSPS) is 22.2. The van der Waals surface area contributed by atoms with Crippen molar-refractivity contribution in [2.45, 2.75) is 20.1 Å². The molecule has 0 spiro atoms. The zero-order valence-electron chi connectivity index (χ0n) is 9.64. The Morgan fingerprint density at radius 1 is 1.56 bits per heavy atom. The highest BCUT2D eigenvalue weighted by Crippen LogP contribution is 2.22. The number of hydrazone groups is 1. The average Bonchev–Trinajstić information content (AvgIpc) is 2.26. The second kappa shape index (κ2) is 5.64. The van der Waals surface area contributed by atoms with Crippen LogP contribution in [0.1, 0.15) is 13.8 Å². The molecular formula is C11H17N3O2. The van der Waals surface area contributed by atoms with Crippen molar-refractivity contribution in [2.24, 2.45) is 21.4 Å². The van der Waals surface area contributed by atoms with Gasteiger partial charge in [0.1, 0.15) is 5.71 Å². The van der Waals surface area contributed by atoms with Crippen molar-refractivity contribution in [2.75, 3.05) is 19.8 Å². The molecule has 0 aromatic carbocycles. The van der Waals surface area contributed by atoms with Gasteiger partial charge < -0.3 is 15.3 Å². The molecule has 0 radical (unpaired) electrons. The minimum atomic E-state index is -0.305. The highest BCUT2D eigenvalue weighted by Gasteiger charge is 2.27. The summed E-state index contributed by atoms with van der Waals surface area (Å²) in [4.78, 5) is 4.06. The molecule has 1 heterocycles. The van der Waals surface area contributed by atoms with Gasteiger partial charge in [-0.3, -0.25) is 4.99 Å². The van der Waals surface area contributed by atoms with Crippen molar-refractivity contribution in [3.8, 4) is 12.3 Å². The van der Waals surface area contributed by atoms with E-state index < -0.39 is 0 Å². The lowest BCUT2D eigenvalue weighted by Gasteiger charge is -2.33. The molecule has 0 aliphatic carbocycles. The van der Waals surface area contributed by atoms with Gasteiger partial charge in [0.25, 0.3) is 0 Å². The van der Waals surface area contributed by atoms with Crippen molar-refractivity contribution in [3.05, 3.63) is 0 Å². The lowest BCUT2D eigenvalue weighted by molar-refractivity contribution is -0.215. The second-order valence-corrected chi connectivity index (χ2v) is 4.37. The van der Waals surface area contributed by atoms with E-state index in [0.29, 0.717) is 25.5 Å². The van der Waals surface area contributed by atoms with Crippen LogP contribution in [0.2, 0.25) is 0 Å². The molecule has 1 aliphatic rings. The Kier molecular flexibility index (Phi) is 4.47. The molecule has 0 bridgehead atoms. The third-order valence-corrected chi connectivity index (χ3v) is 2.07. The summed E-state index contributed by atoms with van der Waals surface area (Å²) in [5.41, 5.74) is 0.374. The lowest BCUT2D eigenvalue weighted by Crippen LogP contribution is -2.39. The maximum Gasteiger partial charge on any atom is 0.176 e. The number of rotatable bonds is 3. The van der Waals surface area contributed by atoms with Crippen LogP contribution in [0.5, 0.6) is 0 Å². The second-order valence-electron chi connectivity index (χ2n) is 4.37. The van der Waals surface area contributed by atoms with Crippen molar-refractivity contribution in [1.82, 2.24) is 0 Å². The molecule has 1 fully saturated rings. The summed E-state index contributed by atoms with van der Waals surface area (Å²) in [7, 11) is 0.